The molecule has 1 atom stereocenters. The van der Waals surface area contributed by atoms with Crippen molar-refractivity contribution in [2.45, 2.75) is 24.2 Å². The first-order chi connectivity index (χ1) is 9.46. The van der Waals surface area contributed by atoms with Crippen LogP contribution < -0.4 is 5.73 Å². The van der Waals surface area contributed by atoms with Crippen LogP contribution >= 0.6 is 12.4 Å². The van der Waals surface area contributed by atoms with Crippen molar-refractivity contribution in [3.63, 3.8) is 0 Å². The van der Waals surface area contributed by atoms with Crippen molar-refractivity contribution >= 4 is 22.4 Å². The average Bonchev–Trinajstić information content (AvgIpc) is 2.39. The fourth-order valence-electron chi connectivity index (χ4n) is 2.57. The summed E-state index contributed by atoms with van der Waals surface area (Å²) in [6, 6.07) is 3.06. The molecule has 0 saturated carbocycles. The quantitative estimate of drug-likeness (QED) is 0.913. The van der Waals surface area contributed by atoms with Crippen molar-refractivity contribution in [3.05, 3.63) is 29.8 Å². The van der Waals surface area contributed by atoms with E-state index in [0.29, 0.717) is 19.4 Å². The van der Waals surface area contributed by atoms with Crippen LogP contribution in [0.5, 0.6) is 0 Å². The lowest BCUT2D eigenvalue weighted by Gasteiger charge is -2.31. The third kappa shape index (κ3) is 3.91. The number of sulfonamides is 1. The second kappa shape index (κ2) is 7.49. The lowest BCUT2D eigenvalue weighted by molar-refractivity contribution is 0.257. The summed E-state index contributed by atoms with van der Waals surface area (Å²) in [5, 5.41) is 0. The van der Waals surface area contributed by atoms with Crippen LogP contribution in [0.3, 0.4) is 0 Å². The van der Waals surface area contributed by atoms with E-state index < -0.39 is 26.6 Å². The number of rotatable bonds is 4. The summed E-state index contributed by atoms with van der Waals surface area (Å²) in [6.45, 7) is 1.04. The molecule has 0 bridgehead atoms. The van der Waals surface area contributed by atoms with E-state index in [9.17, 15) is 17.2 Å². The van der Waals surface area contributed by atoms with Gasteiger partial charge in [0.2, 0.25) is 10.0 Å². The van der Waals surface area contributed by atoms with Crippen molar-refractivity contribution in [3.8, 4) is 0 Å². The molecule has 1 heterocycles. The van der Waals surface area contributed by atoms with Gasteiger partial charge in [0.25, 0.3) is 0 Å². The van der Waals surface area contributed by atoms with E-state index >= 15 is 0 Å². The normalized spacial score (nSPS) is 20.0. The third-order valence-electron chi connectivity index (χ3n) is 3.57. The molecule has 1 saturated heterocycles. The summed E-state index contributed by atoms with van der Waals surface area (Å²) in [5.74, 6) is -1.95. The number of halogens is 3. The standard InChI is InChI=1S/C13H18F2N2O2S.ClH/c14-11-4-1-5-12(15)13(11)20(18,19)17-8-2-3-10(9-17)6-7-16;/h1,4-5,10H,2-3,6-9,16H2;1H. The van der Waals surface area contributed by atoms with Crippen LogP contribution in [0.4, 0.5) is 8.78 Å². The maximum absolute atomic E-state index is 13.7. The van der Waals surface area contributed by atoms with Crippen LogP contribution in [-0.2, 0) is 10.0 Å². The predicted molar refractivity (Wildman–Crippen MR) is 78.8 cm³/mol. The molecular formula is C13H19ClF2N2O2S. The van der Waals surface area contributed by atoms with Gasteiger partial charge in [-0.2, -0.15) is 4.31 Å². The van der Waals surface area contributed by atoms with Crippen molar-refractivity contribution in [2.75, 3.05) is 19.6 Å². The molecule has 0 amide bonds. The highest BCUT2D eigenvalue weighted by Crippen LogP contribution is 2.27. The highest BCUT2D eigenvalue weighted by atomic mass is 35.5. The van der Waals surface area contributed by atoms with E-state index in [1.165, 1.54) is 4.31 Å². The number of benzene rings is 1. The van der Waals surface area contributed by atoms with Crippen LogP contribution in [0.25, 0.3) is 0 Å². The Morgan fingerprint density at radius 2 is 1.90 bits per heavy atom. The van der Waals surface area contributed by atoms with E-state index in [4.69, 9.17) is 5.73 Å². The molecule has 1 aromatic rings. The molecular weight excluding hydrogens is 322 g/mol. The first-order valence-electron chi connectivity index (χ1n) is 6.61. The molecule has 1 aliphatic heterocycles. The molecule has 2 N–H and O–H groups in total. The molecule has 1 unspecified atom stereocenters. The monoisotopic (exact) mass is 340 g/mol. The van der Waals surface area contributed by atoms with Crippen LogP contribution in [0, 0.1) is 17.6 Å². The molecule has 1 aliphatic rings. The number of piperidine rings is 1. The molecule has 2 rings (SSSR count). The zero-order valence-corrected chi connectivity index (χ0v) is 13.1. The molecule has 8 heteroatoms. The van der Waals surface area contributed by atoms with E-state index in [1.807, 2.05) is 0 Å². The number of nitrogens with two attached hydrogens (primary N) is 1. The summed E-state index contributed by atoms with van der Waals surface area (Å²) in [6.07, 6.45) is 2.29. The third-order valence-corrected chi connectivity index (χ3v) is 5.49. The predicted octanol–water partition coefficient (Wildman–Crippen LogP) is 2.14. The van der Waals surface area contributed by atoms with Crippen molar-refractivity contribution < 1.29 is 17.2 Å². The van der Waals surface area contributed by atoms with Crippen LogP contribution in [0.15, 0.2) is 23.1 Å². The van der Waals surface area contributed by atoms with Crippen molar-refractivity contribution in [1.29, 1.82) is 0 Å². The van der Waals surface area contributed by atoms with Crippen molar-refractivity contribution in [2.24, 2.45) is 11.7 Å². The number of nitrogens with zero attached hydrogens (tertiary/aromatic N) is 1. The SMILES string of the molecule is Cl.NCCC1CCCN(S(=O)(=O)c2c(F)cccc2F)C1. The number of hydrogen-bond donors (Lipinski definition) is 1. The molecule has 0 radical (unpaired) electrons. The smallest absolute Gasteiger partial charge is 0.248 e. The highest BCUT2D eigenvalue weighted by molar-refractivity contribution is 7.89. The Morgan fingerprint density at radius 3 is 2.48 bits per heavy atom. The Labute approximate surface area is 129 Å². The minimum atomic E-state index is -4.13. The minimum Gasteiger partial charge on any atom is -0.330 e. The van der Waals surface area contributed by atoms with Gasteiger partial charge in [-0.3, -0.25) is 0 Å². The molecule has 1 aromatic carbocycles. The fraction of sp³-hybridized carbons (Fsp3) is 0.538. The molecule has 1 fully saturated rings. The summed E-state index contributed by atoms with van der Waals surface area (Å²) >= 11 is 0. The molecule has 21 heavy (non-hydrogen) atoms. The zero-order valence-electron chi connectivity index (χ0n) is 11.5. The molecule has 120 valence electrons. The van der Waals surface area contributed by atoms with Gasteiger partial charge in [-0.05, 0) is 43.9 Å². The maximum atomic E-state index is 13.7. The van der Waals surface area contributed by atoms with Gasteiger partial charge in [0.1, 0.15) is 11.6 Å². The van der Waals surface area contributed by atoms with Gasteiger partial charge in [-0.25, -0.2) is 17.2 Å². The zero-order chi connectivity index (χ0) is 14.8. The second-order valence-corrected chi connectivity index (χ2v) is 6.87. The van der Waals surface area contributed by atoms with Gasteiger partial charge in [0.15, 0.2) is 4.90 Å². The summed E-state index contributed by atoms with van der Waals surface area (Å²) in [5.41, 5.74) is 5.49. The van der Waals surface area contributed by atoms with Gasteiger partial charge in [-0.1, -0.05) is 6.07 Å². The van der Waals surface area contributed by atoms with Gasteiger partial charge in [-0.15, -0.1) is 12.4 Å². The molecule has 0 aliphatic carbocycles. The van der Waals surface area contributed by atoms with Crippen LogP contribution in [0.1, 0.15) is 19.3 Å². The highest BCUT2D eigenvalue weighted by Gasteiger charge is 2.33. The lowest BCUT2D eigenvalue weighted by atomic mass is 9.96. The maximum Gasteiger partial charge on any atom is 0.248 e. The van der Waals surface area contributed by atoms with Gasteiger partial charge in [0, 0.05) is 13.1 Å². The average molecular weight is 341 g/mol. The van der Waals surface area contributed by atoms with E-state index in [1.54, 1.807) is 0 Å². The Kier molecular flexibility index (Phi) is 6.52. The Hall–Kier alpha value is -0.760. The first-order valence-corrected chi connectivity index (χ1v) is 8.05. The largest absolute Gasteiger partial charge is 0.330 e. The van der Waals surface area contributed by atoms with Gasteiger partial charge in [0.05, 0.1) is 0 Å². The fourth-order valence-corrected chi connectivity index (χ4v) is 4.24. The number of hydrogen-bond acceptors (Lipinski definition) is 3. The van der Waals surface area contributed by atoms with E-state index in [0.717, 1.165) is 24.6 Å². The van der Waals surface area contributed by atoms with Crippen LogP contribution in [0.2, 0.25) is 0 Å². The summed E-state index contributed by atoms with van der Waals surface area (Å²) in [7, 11) is -4.13. The Balaban J connectivity index is 0.00000220. The molecule has 0 spiro atoms. The topological polar surface area (TPSA) is 63.4 Å². The van der Waals surface area contributed by atoms with E-state index in [-0.39, 0.29) is 31.4 Å². The second-order valence-electron chi connectivity index (χ2n) is 5.00. The van der Waals surface area contributed by atoms with Crippen LogP contribution in [-0.4, -0.2) is 32.4 Å². The molecule has 4 nitrogen and oxygen atoms in total. The summed E-state index contributed by atoms with van der Waals surface area (Å²) < 4.78 is 53.3. The summed E-state index contributed by atoms with van der Waals surface area (Å²) in [4.78, 5) is -0.853. The van der Waals surface area contributed by atoms with Gasteiger partial charge >= 0.3 is 0 Å². The molecule has 0 aromatic heterocycles. The lowest BCUT2D eigenvalue weighted by Crippen LogP contribution is -2.41. The Bertz CT molecular complexity index is 561. The Morgan fingerprint density at radius 1 is 1.29 bits per heavy atom. The minimum absolute atomic E-state index is 0. The van der Waals surface area contributed by atoms with E-state index in [2.05, 4.69) is 0 Å². The van der Waals surface area contributed by atoms with Gasteiger partial charge < -0.3 is 5.73 Å². The van der Waals surface area contributed by atoms with Crippen molar-refractivity contribution in [1.82, 2.24) is 4.31 Å². The first kappa shape index (κ1) is 18.3.